The average Bonchev–Trinajstić information content (AvgIpc) is 2.30. The highest BCUT2D eigenvalue weighted by molar-refractivity contribution is 4.71. The van der Waals surface area contributed by atoms with Crippen molar-refractivity contribution in [3.8, 4) is 0 Å². The Kier molecular flexibility index (Phi) is 11.2. The summed E-state index contributed by atoms with van der Waals surface area (Å²) in [5, 5.41) is 3.41. The van der Waals surface area contributed by atoms with Crippen LogP contribution in [0.25, 0.3) is 0 Å². The summed E-state index contributed by atoms with van der Waals surface area (Å²) in [5.74, 6) is 0. The van der Waals surface area contributed by atoms with Crippen LogP contribution in [0.3, 0.4) is 0 Å². The number of hydrogen-bond acceptors (Lipinski definition) is 4. The van der Waals surface area contributed by atoms with Crippen LogP contribution in [-0.4, -0.2) is 52.2 Å². The molecule has 0 spiro atoms. The van der Waals surface area contributed by atoms with E-state index in [9.17, 15) is 0 Å². The first kappa shape index (κ1) is 15.8. The van der Waals surface area contributed by atoms with Gasteiger partial charge < -0.3 is 19.5 Å². The molecule has 0 aromatic rings. The summed E-state index contributed by atoms with van der Waals surface area (Å²) in [4.78, 5) is 0. The van der Waals surface area contributed by atoms with Crippen LogP contribution < -0.4 is 5.32 Å². The van der Waals surface area contributed by atoms with E-state index >= 15 is 0 Å². The predicted octanol–water partition coefficient (Wildman–Crippen LogP) is 1.44. The second kappa shape index (κ2) is 11.3. The Morgan fingerprint density at radius 3 is 2.31 bits per heavy atom. The summed E-state index contributed by atoms with van der Waals surface area (Å²) in [6, 6.07) is 0.434. The first-order valence-corrected chi connectivity index (χ1v) is 6.17. The molecule has 4 heteroatoms. The first-order valence-electron chi connectivity index (χ1n) is 6.17. The lowest BCUT2D eigenvalue weighted by atomic mass is 10.1. The Morgan fingerprint density at radius 1 is 1.06 bits per heavy atom. The normalized spacial score (nSPS) is 15.0. The van der Waals surface area contributed by atoms with Crippen molar-refractivity contribution in [1.82, 2.24) is 5.32 Å². The Bertz CT molecular complexity index is 144. The predicted molar refractivity (Wildman–Crippen MR) is 65.9 cm³/mol. The van der Waals surface area contributed by atoms with Gasteiger partial charge in [0.1, 0.15) is 0 Å². The molecule has 0 fully saturated rings. The fourth-order valence-corrected chi connectivity index (χ4v) is 1.56. The van der Waals surface area contributed by atoms with E-state index in [4.69, 9.17) is 14.2 Å². The fraction of sp³-hybridized carbons (Fsp3) is 1.00. The molecule has 16 heavy (non-hydrogen) atoms. The van der Waals surface area contributed by atoms with Gasteiger partial charge >= 0.3 is 0 Å². The number of rotatable bonds is 11. The molecule has 0 aromatic heterocycles. The molecule has 2 unspecified atom stereocenters. The third-order valence-corrected chi connectivity index (χ3v) is 2.51. The quantitative estimate of drug-likeness (QED) is 0.548. The van der Waals surface area contributed by atoms with E-state index in [1.165, 1.54) is 0 Å². The maximum Gasteiger partial charge on any atom is 0.0704 e. The van der Waals surface area contributed by atoms with Crippen LogP contribution in [0.4, 0.5) is 0 Å². The van der Waals surface area contributed by atoms with Gasteiger partial charge in [-0.25, -0.2) is 0 Å². The standard InChI is InChI=1S/C12H27NO3/c1-5-12(13-6-2)11(3)16-10-9-15-8-7-14-4/h11-13H,5-10H2,1-4H3. The zero-order valence-electron chi connectivity index (χ0n) is 11.1. The van der Waals surface area contributed by atoms with Gasteiger partial charge in [0.05, 0.1) is 32.5 Å². The summed E-state index contributed by atoms with van der Waals surface area (Å²) in [5.41, 5.74) is 0. The Hall–Kier alpha value is -0.160. The third-order valence-electron chi connectivity index (χ3n) is 2.51. The minimum absolute atomic E-state index is 0.232. The molecular formula is C12H27NO3. The first-order chi connectivity index (χ1) is 7.76. The van der Waals surface area contributed by atoms with Crippen molar-refractivity contribution >= 4 is 0 Å². The van der Waals surface area contributed by atoms with Crippen molar-refractivity contribution in [2.75, 3.05) is 40.1 Å². The van der Waals surface area contributed by atoms with Gasteiger partial charge in [0.25, 0.3) is 0 Å². The van der Waals surface area contributed by atoms with Crippen LogP contribution in [0, 0.1) is 0 Å². The van der Waals surface area contributed by atoms with E-state index in [0.29, 0.717) is 32.5 Å². The van der Waals surface area contributed by atoms with Crippen LogP contribution in [0.1, 0.15) is 27.2 Å². The van der Waals surface area contributed by atoms with Crippen molar-refractivity contribution in [3.63, 3.8) is 0 Å². The number of hydrogen-bond donors (Lipinski definition) is 1. The number of nitrogens with one attached hydrogen (secondary N) is 1. The van der Waals surface area contributed by atoms with Crippen LogP contribution in [0.15, 0.2) is 0 Å². The molecule has 1 N–H and O–H groups in total. The molecule has 0 radical (unpaired) electrons. The molecule has 98 valence electrons. The summed E-state index contributed by atoms with van der Waals surface area (Å²) in [7, 11) is 1.67. The molecule has 4 nitrogen and oxygen atoms in total. The van der Waals surface area contributed by atoms with E-state index in [-0.39, 0.29) is 6.10 Å². The molecule has 0 amide bonds. The lowest BCUT2D eigenvalue weighted by Gasteiger charge is -2.23. The Morgan fingerprint density at radius 2 is 1.75 bits per heavy atom. The van der Waals surface area contributed by atoms with Crippen LogP contribution in [-0.2, 0) is 14.2 Å². The average molecular weight is 233 g/mol. The Labute approximate surface area is 99.6 Å². The van der Waals surface area contributed by atoms with Crippen LogP contribution in [0.5, 0.6) is 0 Å². The van der Waals surface area contributed by atoms with Gasteiger partial charge in [-0.1, -0.05) is 13.8 Å². The number of ether oxygens (including phenoxy) is 3. The second-order valence-corrected chi connectivity index (χ2v) is 3.75. The summed E-state index contributed by atoms with van der Waals surface area (Å²) in [6.07, 6.45) is 1.32. The molecule has 0 rings (SSSR count). The number of methoxy groups -OCH3 is 1. The van der Waals surface area contributed by atoms with E-state index in [2.05, 4.69) is 26.1 Å². The fourth-order valence-electron chi connectivity index (χ4n) is 1.56. The zero-order chi connectivity index (χ0) is 12.2. The lowest BCUT2D eigenvalue weighted by Crippen LogP contribution is -2.39. The van der Waals surface area contributed by atoms with Crippen molar-refractivity contribution in [3.05, 3.63) is 0 Å². The van der Waals surface area contributed by atoms with Crippen LogP contribution >= 0.6 is 0 Å². The monoisotopic (exact) mass is 233 g/mol. The third kappa shape index (κ3) is 8.05. The molecule has 0 heterocycles. The smallest absolute Gasteiger partial charge is 0.0704 e. The molecule has 0 aliphatic heterocycles. The SMILES string of the molecule is CCNC(CC)C(C)OCCOCCOC. The maximum atomic E-state index is 5.70. The zero-order valence-corrected chi connectivity index (χ0v) is 11.1. The molecule has 0 bridgehead atoms. The minimum Gasteiger partial charge on any atom is -0.382 e. The Balaban J connectivity index is 3.43. The van der Waals surface area contributed by atoms with E-state index in [1.807, 2.05) is 0 Å². The second-order valence-electron chi connectivity index (χ2n) is 3.75. The van der Waals surface area contributed by atoms with Crippen molar-refractivity contribution in [2.45, 2.75) is 39.3 Å². The lowest BCUT2D eigenvalue weighted by molar-refractivity contribution is -0.0127. The van der Waals surface area contributed by atoms with Gasteiger partial charge in [0.15, 0.2) is 0 Å². The van der Waals surface area contributed by atoms with E-state index in [0.717, 1.165) is 13.0 Å². The molecular weight excluding hydrogens is 206 g/mol. The van der Waals surface area contributed by atoms with E-state index < -0.39 is 0 Å². The molecule has 0 saturated carbocycles. The van der Waals surface area contributed by atoms with Gasteiger partial charge in [-0.15, -0.1) is 0 Å². The highest BCUT2D eigenvalue weighted by Crippen LogP contribution is 2.02. The van der Waals surface area contributed by atoms with E-state index in [1.54, 1.807) is 7.11 Å². The molecule has 0 aromatic carbocycles. The maximum absolute atomic E-state index is 5.70. The van der Waals surface area contributed by atoms with Crippen molar-refractivity contribution in [1.29, 1.82) is 0 Å². The van der Waals surface area contributed by atoms with Gasteiger partial charge in [-0.3, -0.25) is 0 Å². The van der Waals surface area contributed by atoms with Gasteiger partial charge in [0, 0.05) is 13.2 Å². The number of likely N-dealkylation sites (N-methyl/N-ethyl adjacent to an activating group) is 1. The van der Waals surface area contributed by atoms with Crippen molar-refractivity contribution in [2.24, 2.45) is 0 Å². The highest BCUT2D eigenvalue weighted by Gasteiger charge is 2.13. The van der Waals surface area contributed by atoms with Gasteiger partial charge in [-0.2, -0.15) is 0 Å². The van der Waals surface area contributed by atoms with Gasteiger partial charge in [0.2, 0.25) is 0 Å². The molecule has 2 atom stereocenters. The van der Waals surface area contributed by atoms with Gasteiger partial charge in [-0.05, 0) is 19.9 Å². The largest absolute Gasteiger partial charge is 0.382 e. The topological polar surface area (TPSA) is 39.7 Å². The molecule has 0 aliphatic rings. The summed E-state index contributed by atoms with van der Waals surface area (Å²) >= 11 is 0. The molecule has 0 aliphatic carbocycles. The minimum atomic E-state index is 0.232. The highest BCUT2D eigenvalue weighted by atomic mass is 16.5. The summed E-state index contributed by atoms with van der Waals surface area (Å²) < 4.78 is 15.9. The van der Waals surface area contributed by atoms with Crippen molar-refractivity contribution < 1.29 is 14.2 Å². The van der Waals surface area contributed by atoms with Crippen LogP contribution in [0.2, 0.25) is 0 Å². The summed E-state index contributed by atoms with van der Waals surface area (Å²) in [6.45, 7) is 9.93. The molecule has 0 saturated heterocycles.